The Morgan fingerprint density at radius 3 is 2.17 bits per heavy atom. The molecule has 6 nitrogen and oxygen atoms in total. The summed E-state index contributed by atoms with van der Waals surface area (Å²) in [5, 5.41) is 9.55. The molecule has 0 aromatic heterocycles. The van der Waals surface area contributed by atoms with Crippen molar-refractivity contribution in [1.82, 2.24) is 19.6 Å². The molecule has 3 aliphatic rings. The number of allylic oxidation sites excluding steroid dienone is 1. The molecule has 0 aliphatic carbocycles. The molecule has 0 aromatic rings. The van der Waals surface area contributed by atoms with Gasteiger partial charge in [-0.3, -0.25) is 0 Å². The lowest BCUT2D eigenvalue weighted by Crippen LogP contribution is -2.40. The smallest absolute Gasteiger partial charge is 0.300 e. The third-order valence-electron chi connectivity index (χ3n) is 7.08. The molecule has 6 heteroatoms. The molecule has 0 spiro atoms. The summed E-state index contributed by atoms with van der Waals surface area (Å²) < 4.78 is 0. The summed E-state index contributed by atoms with van der Waals surface area (Å²) >= 11 is 0. The van der Waals surface area contributed by atoms with E-state index in [2.05, 4.69) is 51.3 Å². The Hall–Kier alpha value is -1.76. The highest BCUT2D eigenvalue weighted by Crippen LogP contribution is 2.25. The van der Waals surface area contributed by atoms with Gasteiger partial charge < -0.3 is 19.6 Å². The normalized spacial score (nSPS) is 29.8. The quantitative estimate of drug-likeness (QED) is 0.451. The Labute approximate surface area is 183 Å². The fourth-order valence-electron chi connectivity index (χ4n) is 5.76. The average molecular weight is 413 g/mol. The fourth-order valence-corrected chi connectivity index (χ4v) is 5.76. The Morgan fingerprint density at radius 1 is 1.00 bits per heavy atom. The van der Waals surface area contributed by atoms with E-state index >= 15 is 0 Å². The van der Waals surface area contributed by atoms with E-state index in [-0.39, 0.29) is 5.70 Å². The van der Waals surface area contributed by atoms with Gasteiger partial charge in [0.05, 0.1) is 12.6 Å². The number of rotatable bonds is 8. The first kappa shape index (κ1) is 22.9. The molecule has 0 bridgehead atoms. The SMILES string of the molecule is [C-]#[N+]/C(C#N)=C1\N(CCCN2CC(C)CC(C)C2)CCN1CCCN1CCCC1C. The lowest BCUT2D eigenvalue weighted by molar-refractivity contribution is 0.136. The number of nitrogens with zero attached hydrogens (tertiary/aromatic N) is 6. The van der Waals surface area contributed by atoms with E-state index in [1.807, 2.05) is 0 Å². The molecule has 3 aliphatic heterocycles. The average Bonchev–Trinajstić information content (AvgIpc) is 3.29. The zero-order chi connectivity index (χ0) is 21.5. The summed E-state index contributed by atoms with van der Waals surface area (Å²) in [6, 6.07) is 2.87. The zero-order valence-electron chi connectivity index (χ0n) is 19.3. The molecule has 30 heavy (non-hydrogen) atoms. The minimum absolute atomic E-state index is 0.266. The van der Waals surface area contributed by atoms with Gasteiger partial charge in [0.15, 0.2) is 0 Å². The highest BCUT2D eigenvalue weighted by Gasteiger charge is 2.29. The molecule has 3 heterocycles. The molecule has 0 saturated carbocycles. The largest absolute Gasteiger partial charge is 0.365 e. The van der Waals surface area contributed by atoms with Crippen LogP contribution in [0.5, 0.6) is 0 Å². The van der Waals surface area contributed by atoms with Gasteiger partial charge in [-0.25, -0.2) is 10.1 Å². The van der Waals surface area contributed by atoms with Gasteiger partial charge in [0.25, 0.3) is 0 Å². The molecule has 166 valence electrons. The maximum Gasteiger partial charge on any atom is 0.300 e. The summed E-state index contributed by atoms with van der Waals surface area (Å²) in [4.78, 5) is 13.3. The Kier molecular flexibility index (Phi) is 8.42. The van der Waals surface area contributed by atoms with Crippen LogP contribution in [0.25, 0.3) is 4.85 Å². The van der Waals surface area contributed by atoms with Crippen molar-refractivity contribution in [3.63, 3.8) is 0 Å². The second-order valence-corrected chi connectivity index (χ2v) is 9.81. The maximum atomic E-state index is 9.55. The van der Waals surface area contributed by atoms with E-state index in [0.29, 0.717) is 6.04 Å². The van der Waals surface area contributed by atoms with E-state index in [1.165, 1.54) is 38.9 Å². The zero-order valence-corrected chi connectivity index (χ0v) is 19.3. The van der Waals surface area contributed by atoms with Gasteiger partial charge >= 0.3 is 5.70 Å². The molecule has 0 aromatic carbocycles. The lowest BCUT2D eigenvalue weighted by atomic mass is 9.92. The summed E-state index contributed by atoms with van der Waals surface area (Å²) in [5.74, 6) is 2.47. The molecular weight excluding hydrogens is 372 g/mol. The fraction of sp³-hybridized carbons (Fsp3) is 0.833. The van der Waals surface area contributed by atoms with Gasteiger partial charge in [-0.05, 0) is 64.0 Å². The van der Waals surface area contributed by atoms with Crippen LogP contribution in [0.15, 0.2) is 11.5 Å². The van der Waals surface area contributed by atoms with Crippen LogP contribution in [0, 0.1) is 29.7 Å². The van der Waals surface area contributed by atoms with Crippen LogP contribution in [-0.4, -0.2) is 84.5 Å². The Morgan fingerprint density at radius 2 is 1.63 bits per heavy atom. The molecule has 3 atom stereocenters. The van der Waals surface area contributed by atoms with Gasteiger partial charge in [0.1, 0.15) is 5.82 Å². The number of nitriles is 1. The van der Waals surface area contributed by atoms with Gasteiger partial charge in [-0.2, -0.15) is 0 Å². The van der Waals surface area contributed by atoms with E-state index in [9.17, 15) is 5.26 Å². The number of hydrogen-bond donors (Lipinski definition) is 0. The second-order valence-electron chi connectivity index (χ2n) is 9.81. The molecule has 3 fully saturated rings. The van der Waals surface area contributed by atoms with Crippen molar-refractivity contribution in [3.05, 3.63) is 22.9 Å². The molecule has 0 radical (unpaired) electrons. The van der Waals surface area contributed by atoms with Crippen LogP contribution in [-0.2, 0) is 0 Å². The van der Waals surface area contributed by atoms with Crippen molar-refractivity contribution in [2.75, 3.05) is 58.9 Å². The number of hydrogen-bond acceptors (Lipinski definition) is 5. The summed E-state index contributed by atoms with van der Waals surface area (Å²) in [6.45, 7) is 24.2. The number of piperidine rings is 1. The van der Waals surface area contributed by atoms with Crippen LogP contribution >= 0.6 is 0 Å². The molecule has 3 unspecified atom stereocenters. The van der Waals surface area contributed by atoms with Crippen molar-refractivity contribution in [3.8, 4) is 6.07 Å². The van der Waals surface area contributed by atoms with Gasteiger partial charge in [0, 0.05) is 51.9 Å². The third kappa shape index (κ3) is 5.90. The third-order valence-corrected chi connectivity index (χ3v) is 7.08. The Balaban J connectivity index is 1.52. The summed E-state index contributed by atoms with van der Waals surface area (Å²) in [5.41, 5.74) is 0.266. The van der Waals surface area contributed by atoms with Crippen LogP contribution < -0.4 is 0 Å². The first-order valence-corrected chi connectivity index (χ1v) is 12.0. The minimum atomic E-state index is 0.266. The standard InChI is InChI=1S/C24H40N6/c1-20-16-21(2)19-27(18-20)9-6-12-29-14-15-30(24(29)23(17-25)26-4)13-7-11-28-10-5-8-22(28)3/h20-22H,5-16,18-19H2,1-3H3/b24-23+. The lowest BCUT2D eigenvalue weighted by Gasteiger charge is -2.35. The molecule has 3 rings (SSSR count). The van der Waals surface area contributed by atoms with Crippen molar-refractivity contribution < 1.29 is 0 Å². The highest BCUT2D eigenvalue weighted by atomic mass is 15.4. The maximum absolute atomic E-state index is 9.55. The predicted molar refractivity (Wildman–Crippen MR) is 121 cm³/mol. The van der Waals surface area contributed by atoms with Gasteiger partial charge in [0.2, 0.25) is 0 Å². The van der Waals surface area contributed by atoms with E-state index in [4.69, 9.17) is 6.57 Å². The van der Waals surface area contributed by atoms with Crippen LogP contribution in [0.4, 0.5) is 0 Å². The van der Waals surface area contributed by atoms with E-state index in [0.717, 1.165) is 69.8 Å². The number of likely N-dealkylation sites (tertiary alicyclic amines) is 2. The van der Waals surface area contributed by atoms with Crippen molar-refractivity contribution in [1.29, 1.82) is 5.26 Å². The minimum Gasteiger partial charge on any atom is -0.365 e. The van der Waals surface area contributed by atoms with Crippen LogP contribution in [0.2, 0.25) is 0 Å². The van der Waals surface area contributed by atoms with Crippen molar-refractivity contribution >= 4 is 0 Å². The van der Waals surface area contributed by atoms with Crippen LogP contribution in [0.3, 0.4) is 0 Å². The van der Waals surface area contributed by atoms with Crippen molar-refractivity contribution in [2.45, 2.75) is 58.9 Å². The van der Waals surface area contributed by atoms with Crippen molar-refractivity contribution in [2.24, 2.45) is 11.8 Å². The molecule has 0 amide bonds. The van der Waals surface area contributed by atoms with Gasteiger partial charge in [-0.1, -0.05) is 13.8 Å². The second kappa shape index (κ2) is 11.0. The summed E-state index contributed by atoms with van der Waals surface area (Å²) in [7, 11) is 0. The van der Waals surface area contributed by atoms with Crippen LogP contribution in [0.1, 0.15) is 52.9 Å². The predicted octanol–water partition coefficient (Wildman–Crippen LogP) is 3.46. The topological polar surface area (TPSA) is 41.1 Å². The first-order chi connectivity index (χ1) is 14.5. The van der Waals surface area contributed by atoms with E-state index < -0.39 is 0 Å². The van der Waals surface area contributed by atoms with E-state index in [1.54, 1.807) is 0 Å². The summed E-state index contributed by atoms with van der Waals surface area (Å²) in [6.07, 6.45) is 6.17. The first-order valence-electron chi connectivity index (χ1n) is 12.0. The molecular formula is C24H40N6. The van der Waals surface area contributed by atoms with Gasteiger partial charge in [-0.15, -0.1) is 0 Å². The molecule has 0 N–H and O–H groups in total. The monoisotopic (exact) mass is 412 g/mol. The molecule has 3 saturated heterocycles. The Bertz CT molecular complexity index is 648. The highest BCUT2D eigenvalue weighted by molar-refractivity contribution is 5.33.